The van der Waals surface area contributed by atoms with Crippen LogP contribution < -0.4 is 68.1 Å². The Balaban J connectivity index is 0.658. The highest BCUT2D eigenvalue weighted by molar-refractivity contribution is 6.06. The molecule has 5 aromatic carbocycles. The molecule has 0 radical (unpaired) electrons. The minimum absolute atomic E-state index is 0.0482. The minimum Gasteiger partial charge on any atom is -0.494 e. The third-order valence-electron chi connectivity index (χ3n) is 22.9. The zero-order valence-corrected chi connectivity index (χ0v) is 83.0. The number of tetrazole rings is 1. The maximum absolute atomic E-state index is 15.5. The van der Waals surface area contributed by atoms with Crippen molar-refractivity contribution in [1.29, 1.82) is 0 Å². The molecular formula is C100H133FN18O28. The van der Waals surface area contributed by atoms with Crippen molar-refractivity contribution >= 4 is 88.5 Å². The van der Waals surface area contributed by atoms with Crippen LogP contribution in [-0.2, 0) is 144 Å². The second-order valence-corrected chi connectivity index (χ2v) is 34.7. The van der Waals surface area contributed by atoms with Gasteiger partial charge in [-0.3, -0.25) is 62.3 Å². The largest absolute Gasteiger partial charge is 0.494 e. The second-order valence-electron chi connectivity index (χ2n) is 34.7. The molecule has 0 unspecified atom stereocenters. The number of hydrogen-bond donors (Lipinski definition) is 18. The number of para-hydroxylation sites is 1. The van der Waals surface area contributed by atoms with Crippen molar-refractivity contribution in [2.75, 3.05) is 150 Å². The van der Waals surface area contributed by atoms with Crippen LogP contribution in [0.25, 0.3) is 11.1 Å². The fourth-order valence-electron chi connectivity index (χ4n) is 14.6. The number of nitrogens with zero attached hydrogens (tertiary/aromatic N) is 5. The molecule has 1 aliphatic heterocycles. The number of carboxylic acids is 2. The standard InChI is InChI=1S/C100H133FN18O28/c1-7-67-55-74(147-37-15-14-34-103-84(124)33-38-139-40-42-141-44-46-143-48-50-145-52-53-146-51-49-144-47-45-142-43-41-140-39-36-104-83(123)30-31-86(126)119-61-72-19-9-8-16-68(72)26-27-70-17-11-13-21-81(70)119)28-29-75(67)69-24-22-66(23-25-69)54-79(95(134)135)109-91(130)78(57-87(127)128)108-92(131)80(62-120)110-93(132)88(64(2)121)113-98(138)100(6,58-71-18-10-12-20-76(71)101)114-94(133)89(65(3)122)112-85(125)60-106-90(129)77(56-82-115-117-118-116-82)111-97(137)99(4,5)96(136)105-35-32-73-59-102-63-107-73/h8-13,16-25,28-29,55,59,63-65,77-80,88-89,120-122H,7,14-15,30-54,56-58,60-62H2,1-6H3,(H,102,107)(H,103,124)(H,104,123)(H,105,136)(H,106,129)(H,108,131)(H,109,130)(H,110,132)(H,111,137)(H,112,125)(H,113,138)(H,114,133)(H,127,128)(H,134,135)(H,115,116,117,118)/t64-,65-,77+,78+,79+,80+,88+,89+,100+/m1/s1. The third-order valence-corrected chi connectivity index (χ3v) is 22.9. The summed E-state index contributed by atoms with van der Waals surface area (Å²) >= 11 is 0. The first kappa shape index (κ1) is 118. The Hall–Kier alpha value is -14.2. The number of aliphatic hydroxyl groups is 3. The van der Waals surface area contributed by atoms with Crippen LogP contribution in [0.5, 0.6) is 5.75 Å². The van der Waals surface area contributed by atoms with Crippen molar-refractivity contribution in [1.82, 2.24) is 89.1 Å². The topological polar surface area (TPSA) is 642 Å². The van der Waals surface area contributed by atoms with E-state index in [0.29, 0.717) is 168 Å². The lowest BCUT2D eigenvalue weighted by atomic mass is 9.90. The van der Waals surface area contributed by atoms with Crippen molar-refractivity contribution in [3.05, 3.63) is 179 Å². The number of aliphatic carboxylic acids is 2. The van der Waals surface area contributed by atoms with Gasteiger partial charge in [0.15, 0.2) is 5.82 Å². The van der Waals surface area contributed by atoms with Crippen LogP contribution in [0.3, 0.4) is 0 Å². The number of carboxylic acid groups (broad SMARTS) is 2. The highest BCUT2D eigenvalue weighted by atomic mass is 19.1. The predicted molar refractivity (Wildman–Crippen MR) is 525 cm³/mol. The normalized spacial score (nSPS) is 13.6. The lowest BCUT2D eigenvalue weighted by molar-refractivity contribution is -0.144. The molecule has 147 heavy (non-hydrogen) atoms. The summed E-state index contributed by atoms with van der Waals surface area (Å²) in [5, 5.41) is 92.2. The van der Waals surface area contributed by atoms with Gasteiger partial charge in [0.2, 0.25) is 70.9 Å². The zero-order chi connectivity index (χ0) is 106. The number of ether oxygens (including phenoxy) is 9. The maximum atomic E-state index is 15.5. The van der Waals surface area contributed by atoms with Crippen LogP contribution in [0, 0.1) is 23.1 Å². The number of fused-ring (bicyclic) bond motifs is 2. The Morgan fingerprint density at radius 3 is 1.71 bits per heavy atom. The Morgan fingerprint density at radius 1 is 0.524 bits per heavy atom. The van der Waals surface area contributed by atoms with Crippen molar-refractivity contribution in [3.8, 4) is 28.7 Å². The summed E-state index contributed by atoms with van der Waals surface area (Å²) in [5.74, 6) is -8.29. The van der Waals surface area contributed by atoms with Crippen LogP contribution in [0.15, 0.2) is 128 Å². The average molecular weight is 2050 g/mol. The first-order chi connectivity index (χ1) is 70.7. The van der Waals surface area contributed by atoms with Gasteiger partial charge in [0, 0.05) is 87.6 Å². The number of nitrogens with one attached hydrogen (secondary N) is 13. The van der Waals surface area contributed by atoms with Gasteiger partial charge in [0.05, 0.1) is 163 Å². The summed E-state index contributed by atoms with van der Waals surface area (Å²) in [6.45, 7) is 12.8. The molecule has 47 heteroatoms. The predicted octanol–water partition coefficient (Wildman–Crippen LogP) is -0.442. The number of amides is 12. The van der Waals surface area contributed by atoms with E-state index in [4.69, 9.17) is 42.6 Å². The number of aryl methyl sites for hydroxylation is 1. The van der Waals surface area contributed by atoms with E-state index in [0.717, 1.165) is 65.9 Å². The summed E-state index contributed by atoms with van der Waals surface area (Å²) in [6.07, 6.45) is -0.812. The van der Waals surface area contributed by atoms with E-state index in [-0.39, 0.29) is 67.9 Å². The van der Waals surface area contributed by atoms with E-state index in [1.807, 2.05) is 67.6 Å². The number of rotatable bonds is 70. The third kappa shape index (κ3) is 41.3. The van der Waals surface area contributed by atoms with Crippen molar-refractivity contribution in [2.24, 2.45) is 5.41 Å². The van der Waals surface area contributed by atoms with Crippen molar-refractivity contribution in [2.45, 2.75) is 173 Å². The molecule has 9 atom stereocenters. The Kier molecular flexibility index (Phi) is 50.8. The molecule has 2 aromatic heterocycles. The number of imidazole rings is 1. The SMILES string of the molecule is CCc1cc(OCCCCNC(=O)CCOCCOCCOCCOCCOCCOCCOCCOCCNC(=O)CCC(=O)N2Cc3ccccc3C#Cc3ccccc32)ccc1-c1ccc(C[C@H](NC(=O)[C@H](CC(=O)O)NC(=O)[C@H](CO)NC(=O)[C@@H](NC(=O)[C@](C)(Cc2ccccc2F)NC(=O)[C@@H](NC(=O)CNC(=O)[C@H](Cc2nn[nH]n2)NC(=O)C(C)(C)C(=O)NCCc2cnc[nH]2)[C@@H](C)O)[C@@H](C)O)C(=O)O)cc1. The molecule has 0 saturated heterocycles. The van der Waals surface area contributed by atoms with Crippen LogP contribution in [0.1, 0.15) is 125 Å². The second kappa shape index (κ2) is 63.3. The van der Waals surface area contributed by atoms with E-state index in [9.17, 15) is 92.7 Å². The molecule has 46 nitrogen and oxygen atoms in total. The van der Waals surface area contributed by atoms with Gasteiger partial charge in [-0.1, -0.05) is 103 Å². The molecule has 798 valence electrons. The van der Waals surface area contributed by atoms with Gasteiger partial charge in [-0.15, -0.1) is 10.2 Å². The molecule has 7 aromatic rings. The first-order valence-corrected chi connectivity index (χ1v) is 48.2. The number of anilines is 1. The van der Waals surface area contributed by atoms with Crippen LogP contribution in [0.4, 0.5) is 10.1 Å². The van der Waals surface area contributed by atoms with E-state index in [1.54, 1.807) is 41.4 Å². The molecule has 8 rings (SSSR count). The van der Waals surface area contributed by atoms with E-state index < -0.39 is 163 Å². The molecule has 0 bridgehead atoms. The fraction of sp³-hybridized carbons (Fsp3) is 0.500. The van der Waals surface area contributed by atoms with Crippen molar-refractivity contribution < 1.29 is 140 Å². The van der Waals surface area contributed by atoms with Gasteiger partial charge in [0.25, 0.3) is 0 Å². The number of H-pyrrole nitrogens is 2. The number of unbranched alkanes of at least 4 members (excludes halogenated alkanes) is 1. The zero-order valence-electron chi connectivity index (χ0n) is 83.0. The molecule has 0 spiro atoms. The van der Waals surface area contributed by atoms with E-state index >= 15 is 4.39 Å². The number of halogens is 1. The number of carbonyl (C=O) groups is 14. The number of benzene rings is 5. The number of aromatic amines is 2. The summed E-state index contributed by atoms with van der Waals surface area (Å²) in [4.78, 5) is 197. The molecule has 0 aliphatic carbocycles. The Labute approximate surface area is 848 Å². The summed E-state index contributed by atoms with van der Waals surface area (Å²) in [5.41, 5.74) is 2.55. The number of carbonyl (C=O) groups excluding carboxylic acids is 12. The Bertz CT molecular complexity index is 5480. The summed E-state index contributed by atoms with van der Waals surface area (Å²) < 4.78 is 66.0. The summed E-state index contributed by atoms with van der Waals surface area (Å²) in [6, 6.07) is 21.0. The molecule has 18 N–H and O–H groups in total. The lowest BCUT2D eigenvalue weighted by Gasteiger charge is -2.34. The quantitative estimate of drug-likeness (QED) is 0.0130. The van der Waals surface area contributed by atoms with Gasteiger partial charge < -0.3 is 137 Å². The molecular weight excluding hydrogens is 1920 g/mol. The summed E-state index contributed by atoms with van der Waals surface area (Å²) in [7, 11) is 0. The first-order valence-electron chi connectivity index (χ1n) is 48.2. The number of aromatic nitrogens is 6. The molecule has 0 fully saturated rings. The highest BCUT2D eigenvalue weighted by Gasteiger charge is 2.44. The molecule has 12 amide bonds. The van der Waals surface area contributed by atoms with Gasteiger partial charge in [-0.2, -0.15) is 5.21 Å². The van der Waals surface area contributed by atoms with E-state index in [1.165, 1.54) is 38.4 Å². The van der Waals surface area contributed by atoms with Crippen LogP contribution in [0.2, 0.25) is 0 Å². The minimum atomic E-state index is -2.40. The average Bonchev–Trinajstić information content (AvgIpc) is 1.18. The van der Waals surface area contributed by atoms with Crippen molar-refractivity contribution in [3.63, 3.8) is 0 Å². The van der Waals surface area contributed by atoms with Crippen LogP contribution >= 0.6 is 0 Å². The van der Waals surface area contributed by atoms with Gasteiger partial charge in [-0.25, -0.2) is 14.2 Å². The number of aliphatic hydroxyl groups excluding tert-OH is 3. The maximum Gasteiger partial charge on any atom is 0.326 e. The molecule has 3 heterocycles. The Morgan fingerprint density at radius 2 is 1.10 bits per heavy atom. The number of hydrogen-bond acceptors (Lipinski definition) is 30. The molecule has 1 aliphatic rings. The lowest BCUT2D eigenvalue weighted by Crippen LogP contribution is -2.67. The monoisotopic (exact) mass is 2050 g/mol. The van der Waals surface area contributed by atoms with Crippen LogP contribution in [-0.4, -0.2) is 338 Å². The smallest absolute Gasteiger partial charge is 0.326 e. The highest BCUT2D eigenvalue weighted by Crippen LogP contribution is 2.31. The fourth-order valence-corrected chi connectivity index (χ4v) is 14.6. The van der Waals surface area contributed by atoms with Gasteiger partial charge in [0.1, 0.15) is 58.8 Å². The van der Waals surface area contributed by atoms with Gasteiger partial charge in [-0.05, 0) is 124 Å². The van der Waals surface area contributed by atoms with Gasteiger partial charge >= 0.3 is 11.9 Å². The van der Waals surface area contributed by atoms with E-state index in [2.05, 4.69) is 101 Å². The molecule has 0 saturated carbocycles.